The van der Waals surface area contributed by atoms with Crippen molar-refractivity contribution in [3.8, 4) is 22.8 Å². The molecule has 0 fully saturated rings. The van der Waals surface area contributed by atoms with Crippen LogP contribution in [0, 0.1) is 0 Å². The number of hydrogen-bond acceptors (Lipinski definition) is 6. The lowest BCUT2D eigenvalue weighted by Crippen LogP contribution is -1.99. The Labute approximate surface area is 181 Å². The van der Waals surface area contributed by atoms with Gasteiger partial charge in [-0.3, -0.25) is 0 Å². The molecule has 0 amide bonds. The van der Waals surface area contributed by atoms with Gasteiger partial charge in [-0.2, -0.15) is 0 Å². The second-order valence-electron chi connectivity index (χ2n) is 7.21. The predicted octanol–water partition coefficient (Wildman–Crippen LogP) is 4.40. The number of pyridine rings is 1. The molecule has 0 radical (unpaired) electrons. The van der Waals surface area contributed by atoms with E-state index in [0.29, 0.717) is 23.0 Å². The molecule has 4 rings (SSSR count). The first-order valence-electron chi connectivity index (χ1n) is 9.55. The van der Waals surface area contributed by atoms with Gasteiger partial charge >= 0.3 is 0 Å². The molecule has 2 aromatic carbocycles. The van der Waals surface area contributed by atoms with Crippen molar-refractivity contribution >= 4 is 32.2 Å². The molecule has 8 heteroatoms. The zero-order chi connectivity index (χ0) is 22.2. The Morgan fingerprint density at radius 1 is 0.968 bits per heavy atom. The van der Waals surface area contributed by atoms with Crippen LogP contribution in [0.5, 0.6) is 11.5 Å². The summed E-state index contributed by atoms with van der Waals surface area (Å²) in [4.78, 5) is 4.74. The van der Waals surface area contributed by atoms with Crippen LogP contribution < -0.4 is 14.8 Å². The van der Waals surface area contributed by atoms with E-state index >= 15 is 0 Å². The molecule has 2 heterocycles. The van der Waals surface area contributed by atoms with Crippen LogP contribution in [0.1, 0.15) is 0 Å². The molecule has 0 saturated carbocycles. The average Bonchev–Trinajstić information content (AvgIpc) is 3.10. The van der Waals surface area contributed by atoms with E-state index in [1.807, 2.05) is 43.4 Å². The largest absolute Gasteiger partial charge is 0.497 e. The summed E-state index contributed by atoms with van der Waals surface area (Å²) >= 11 is 0. The highest BCUT2D eigenvalue weighted by Gasteiger charge is 2.15. The van der Waals surface area contributed by atoms with Gasteiger partial charge in [0.15, 0.2) is 9.84 Å². The van der Waals surface area contributed by atoms with Gasteiger partial charge in [0.25, 0.3) is 0 Å². The summed E-state index contributed by atoms with van der Waals surface area (Å²) in [7, 11) is 1.93. The van der Waals surface area contributed by atoms with Crippen LogP contribution in [0.15, 0.2) is 65.7 Å². The Morgan fingerprint density at radius 2 is 1.68 bits per heavy atom. The Morgan fingerprint density at radius 3 is 2.32 bits per heavy atom. The molecule has 0 aliphatic carbocycles. The molecule has 2 aromatic heterocycles. The normalized spacial score (nSPS) is 11.5. The SMILES string of the molecule is COc1cc(OC)cc(-c2cc3c(Nc4cccc(S(C)(=O)=O)c4)nccc3n2C)c1. The van der Waals surface area contributed by atoms with Crippen molar-refractivity contribution in [2.45, 2.75) is 4.90 Å². The van der Waals surface area contributed by atoms with Crippen LogP contribution in [0.3, 0.4) is 0 Å². The number of fused-ring (bicyclic) bond motifs is 1. The van der Waals surface area contributed by atoms with E-state index in [-0.39, 0.29) is 4.90 Å². The molecule has 0 spiro atoms. The number of rotatable bonds is 6. The maximum atomic E-state index is 11.9. The number of aryl methyl sites for hydroxylation is 1. The molecule has 0 aliphatic heterocycles. The van der Waals surface area contributed by atoms with Crippen LogP contribution in [0.2, 0.25) is 0 Å². The third-order valence-corrected chi connectivity index (χ3v) is 6.25. The highest BCUT2D eigenvalue weighted by atomic mass is 32.2. The number of methoxy groups -OCH3 is 2. The minimum absolute atomic E-state index is 0.252. The summed E-state index contributed by atoms with van der Waals surface area (Å²) in [5.41, 5.74) is 3.54. The predicted molar refractivity (Wildman–Crippen MR) is 122 cm³/mol. The number of nitrogens with one attached hydrogen (secondary N) is 1. The Kier molecular flexibility index (Phi) is 5.32. The highest BCUT2D eigenvalue weighted by molar-refractivity contribution is 7.90. The topological polar surface area (TPSA) is 82.4 Å². The van der Waals surface area contributed by atoms with Gasteiger partial charge in [-0.25, -0.2) is 13.4 Å². The molecule has 0 saturated heterocycles. The Bertz CT molecular complexity index is 1350. The highest BCUT2D eigenvalue weighted by Crippen LogP contribution is 2.35. The summed E-state index contributed by atoms with van der Waals surface area (Å²) in [6.07, 6.45) is 2.91. The van der Waals surface area contributed by atoms with Crippen LogP contribution >= 0.6 is 0 Å². The molecule has 160 valence electrons. The standard InChI is InChI=1S/C23H23N3O4S/c1-26-21-8-9-24-23(25-16-6-5-7-19(12-16)31(4,27)28)20(21)14-22(26)15-10-17(29-2)13-18(11-15)30-3/h5-14H,1-4H3,(H,24,25). The molecular weight excluding hydrogens is 414 g/mol. The lowest BCUT2D eigenvalue weighted by atomic mass is 10.1. The van der Waals surface area contributed by atoms with Crippen LogP contribution in [-0.2, 0) is 16.9 Å². The van der Waals surface area contributed by atoms with Crippen molar-refractivity contribution in [1.29, 1.82) is 0 Å². The zero-order valence-corrected chi connectivity index (χ0v) is 18.5. The third-order valence-electron chi connectivity index (χ3n) is 5.14. The van der Waals surface area contributed by atoms with Crippen molar-refractivity contribution in [2.24, 2.45) is 7.05 Å². The molecular formula is C23H23N3O4S. The number of benzene rings is 2. The summed E-state index contributed by atoms with van der Waals surface area (Å²) in [5.74, 6) is 2.04. The van der Waals surface area contributed by atoms with Crippen LogP contribution in [0.4, 0.5) is 11.5 Å². The van der Waals surface area contributed by atoms with Crippen molar-refractivity contribution < 1.29 is 17.9 Å². The number of ether oxygens (including phenoxy) is 2. The van der Waals surface area contributed by atoms with Crippen molar-refractivity contribution in [2.75, 3.05) is 25.8 Å². The number of nitrogens with zero attached hydrogens (tertiary/aromatic N) is 2. The van der Waals surface area contributed by atoms with Crippen molar-refractivity contribution in [3.05, 3.63) is 60.8 Å². The molecule has 4 aromatic rings. The fraction of sp³-hybridized carbons (Fsp3) is 0.174. The molecule has 0 atom stereocenters. The fourth-order valence-electron chi connectivity index (χ4n) is 3.53. The van der Waals surface area contributed by atoms with Crippen molar-refractivity contribution in [1.82, 2.24) is 9.55 Å². The minimum Gasteiger partial charge on any atom is -0.497 e. The minimum atomic E-state index is -3.30. The average molecular weight is 438 g/mol. The van der Waals surface area contributed by atoms with E-state index in [1.165, 1.54) is 6.26 Å². The molecule has 7 nitrogen and oxygen atoms in total. The maximum Gasteiger partial charge on any atom is 0.175 e. The molecule has 31 heavy (non-hydrogen) atoms. The summed E-state index contributed by atoms with van der Waals surface area (Å²) < 4.78 is 36.7. The number of hydrogen-bond donors (Lipinski definition) is 1. The van der Waals surface area contributed by atoms with Gasteiger partial charge in [-0.05, 0) is 42.5 Å². The van der Waals surface area contributed by atoms with E-state index in [4.69, 9.17) is 9.47 Å². The fourth-order valence-corrected chi connectivity index (χ4v) is 4.20. The zero-order valence-electron chi connectivity index (χ0n) is 17.7. The van der Waals surface area contributed by atoms with Crippen LogP contribution in [-0.4, -0.2) is 38.4 Å². The molecule has 0 unspecified atom stereocenters. The first kappa shape index (κ1) is 20.7. The van der Waals surface area contributed by atoms with Crippen LogP contribution in [0.25, 0.3) is 22.2 Å². The number of anilines is 2. The van der Waals surface area contributed by atoms with E-state index < -0.39 is 9.84 Å². The Hall–Kier alpha value is -3.52. The van der Waals surface area contributed by atoms with Gasteiger partial charge < -0.3 is 19.4 Å². The second kappa shape index (κ2) is 7.96. The van der Waals surface area contributed by atoms with Gasteiger partial charge in [0.1, 0.15) is 17.3 Å². The summed E-state index contributed by atoms with van der Waals surface area (Å²) in [5, 5.41) is 4.17. The maximum absolute atomic E-state index is 11.9. The Balaban J connectivity index is 1.81. The third kappa shape index (κ3) is 4.06. The van der Waals surface area contributed by atoms with Gasteiger partial charge in [-0.1, -0.05) is 6.07 Å². The number of aromatic nitrogens is 2. The second-order valence-corrected chi connectivity index (χ2v) is 9.22. The number of sulfone groups is 1. The molecule has 0 aliphatic rings. The lowest BCUT2D eigenvalue weighted by Gasteiger charge is -2.10. The van der Waals surface area contributed by atoms with E-state index in [1.54, 1.807) is 38.6 Å². The summed E-state index contributed by atoms with van der Waals surface area (Å²) in [6.45, 7) is 0. The smallest absolute Gasteiger partial charge is 0.175 e. The first-order chi connectivity index (χ1) is 14.8. The monoisotopic (exact) mass is 437 g/mol. The summed E-state index contributed by atoms with van der Waals surface area (Å²) in [6, 6.07) is 16.4. The van der Waals surface area contributed by atoms with Gasteiger partial charge in [0, 0.05) is 47.9 Å². The molecule has 0 bridgehead atoms. The van der Waals surface area contributed by atoms with Crippen molar-refractivity contribution in [3.63, 3.8) is 0 Å². The van der Waals surface area contributed by atoms with Gasteiger partial charge in [0.2, 0.25) is 0 Å². The van der Waals surface area contributed by atoms with E-state index in [2.05, 4.69) is 14.9 Å². The van der Waals surface area contributed by atoms with Gasteiger partial charge in [-0.15, -0.1) is 0 Å². The van der Waals surface area contributed by atoms with E-state index in [9.17, 15) is 8.42 Å². The molecule has 1 N–H and O–H groups in total. The lowest BCUT2D eigenvalue weighted by molar-refractivity contribution is 0.394. The van der Waals surface area contributed by atoms with Gasteiger partial charge in [0.05, 0.1) is 24.6 Å². The first-order valence-corrected chi connectivity index (χ1v) is 11.4. The quantitative estimate of drug-likeness (QED) is 0.481. The van der Waals surface area contributed by atoms with E-state index in [0.717, 1.165) is 22.2 Å².